The first-order valence-corrected chi connectivity index (χ1v) is 26.3. The monoisotopic (exact) mass is 889 g/mol. The Kier molecular flexibility index (Phi) is 49.0. The Hall–Kier alpha value is -3.67. The Balaban J connectivity index is 4.39. The van der Waals surface area contributed by atoms with Crippen LogP contribution in [0.15, 0.2) is 97.2 Å². The van der Waals surface area contributed by atoms with Gasteiger partial charge < -0.3 is 14.2 Å². The zero-order chi connectivity index (χ0) is 46.5. The Morgan fingerprint density at radius 2 is 0.719 bits per heavy atom. The first-order valence-electron chi connectivity index (χ1n) is 26.3. The molecule has 0 amide bonds. The van der Waals surface area contributed by atoms with Gasteiger partial charge in [0.25, 0.3) is 0 Å². The van der Waals surface area contributed by atoms with Crippen molar-refractivity contribution in [3.8, 4) is 0 Å². The maximum atomic E-state index is 12.8. The van der Waals surface area contributed by atoms with Gasteiger partial charge in [0.05, 0.1) is 6.42 Å². The predicted octanol–water partition coefficient (Wildman–Crippen LogP) is 17.4. The number of esters is 3. The lowest BCUT2D eigenvalue weighted by Gasteiger charge is -2.18. The van der Waals surface area contributed by atoms with Crippen LogP contribution in [0.3, 0.4) is 0 Å². The van der Waals surface area contributed by atoms with Crippen LogP contribution in [0.25, 0.3) is 0 Å². The van der Waals surface area contributed by atoms with E-state index in [-0.39, 0.29) is 31.6 Å². The highest BCUT2D eigenvalue weighted by molar-refractivity contribution is 5.72. The van der Waals surface area contributed by atoms with Crippen LogP contribution in [0.2, 0.25) is 0 Å². The molecule has 0 heterocycles. The van der Waals surface area contributed by atoms with Crippen LogP contribution in [0, 0.1) is 0 Å². The molecule has 64 heavy (non-hydrogen) atoms. The molecule has 6 nitrogen and oxygen atoms in total. The van der Waals surface area contributed by atoms with Crippen molar-refractivity contribution in [1.82, 2.24) is 0 Å². The van der Waals surface area contributed by atoms with E-state index in [0.29, 0.717) is 12.8 Å². The Morgan fingerprint density at radius 3 is 1.19 bits per heavy atom. The molecule has 0 bridgehead atoms. The summed E-state index contributed by atoms with van der Waals surface area (Å²) in [6.45, 7) is 6.29. The third-order valence-corrected chi connectivity index (χ3v) is 10.9. The summed E-state index contributed by atoms with van der Waals surface area (Å²) in [6, 6.07) is 0. The minimum Gasteiger partial charge on any atom is -0.462 e. The van der Waals surface area contributed by atoms with Crippen LogP contribution in [0.4, 0.5) is 0 Å². The second-order valence-corrected chi connectivity index (χ2v) is 17.1. The molecule has 0 aliphatic carbocycles. The van der Waals surface area contributed by atoms with Crippen molar-refractivity contribution in [3.05, 3.63) is 97.2 Å². The largest absolute Gasteiger partial charge is 0.462 e. The number of ether oxygens (including phenoxy) is 3. The molecule has 0 saturated carbocycles. The van der Waals surface area contributed by atoms with Gasteiger partial charge in [-0.15, -0.1) is 0 Å². The molecule has 0 radical (unpaired) electrons. The number of unbranched alkanes of at least 4 members (excludes halogenated alkanes) is 21. The van der Waals surface area contributed by atoms with Crippen LogP contribution >= 0.6 is 0 Å². The normalized spacial score (nSPS) is 12.9. The molecule has 0 fully saturated rings. The van der Waals surface area contributed by atoms with E-state index < -0.39 is 12.1 Å². The molecule has 0 N–H and O–H groups in total. The summed E-state index contributed by atoms with van der Waals surface area (Å²) in [5.41, 5.74) is 0. The van der Waals surface area contributed by atoms with Gasteiger partial charge in [-0.25, -0.2) is 0 Å². The minimum absolute atomic E-state index is 0.115. The second kappa shape index (κ2) is 52.0. The van der Waals surface area contributed by atoms with E-state index in [1.807, 2.05) is 6.08 Å². The summed E-state index contributed by atoms with van der Waals surface area (Å²) in [7, 11) is 0. The van der Waals surface area contributed by atoms with E-state index in [1.54, 1.807) is 6.08 Å². The molecule has 0 aliphatic rings. The molecule has 364 valence electrons. The van der Waals surface area contributed by atoms with Gasteiger partial charge in [0.15, 0.2) is 6.10 Å². The molecule has 1 unspecified atom stereocenters. The summed E-state index contributed by atoms with van der Waals surface area (Å²) in [4.78, 5) is 37.9. The van der Waals surface area contributed by atoms with Crippen LogP contribution in [0.1, 0.15) is 233 Å². The highest BCUT2D eigenvalue weighted by Crippen LogP contribution is 2.14. The van der Waals surface area contributed by atoms with Crippen LogP contribution in [-0.2, 0) is 28.6 Å². The van der Waals surface area contributed by atoms with E-state index >= 15 is 0 Å². The molecule has 6 heteroatoms. The van der Waals surface area contributed by atoms with Gasteiger partial charge in [0.1, 0.15) is 13.2 Å². The zero-order valence-electron chi connectivity index (χ0n) is 41.5. The van der Waals surface area contributed by atoms with Gasteiger partial charge >= 0.3 is 17.9 Å². The van der Waals surface area contributed by atoms with Crippen molar-refractivity contribution < 1.29 is 28.6 Å². The number of hydrogen-bond donors (Lipinski definition) is 0. The number of allylic oxidation sites excluding steroid dienone is 15. The highest BCUT2D eigenvalue weighted by Gasteiger charge is 2.19. The maximum Gasteiger partial charge on any atom is 0.309 e. The average molecular weight is 889 g/mol. The van der Waals surface area contributed by atoms with E-state index in [2.05, 4.69) is 106 Å². The molecule has 1 atom stereocenters. The second-order valence-electron chi connectivity index (χ2n) is 17.1. The lowest BCUT2D eigenvalue weighted by molar-refractivity contribution is -0.166. The van der Waals surface area contributed by atoms with Crippen molar-refractivity contribution in [2.24, 2.45) is 0 Å². The van der Waals surface area contributed by atoms with Gasteiger partial charge in [-0.05, 0) is 89.9 Å². The summed E-state index contributed by atoms with van der Waals surface area (Å²) in [5, 5.41) is 0. The summed E-state index contributed by atoms with van der Waals surface area (Å²) < 4.78 is 16.7. The van der Waals surface area contributed by atoms with Crippen LogP contribution < -0.4 is 0 Å². The number of rotatable bonds is 46. The predicted molar refractivity (Wildman–Crippen MR) is 274 cm³/mol. The van der Waals surface area contributed by atoms with Gasteiger partial charge in [0.2, 0.25) is 0 Å². The molecule has 0 aromatic carbocycles. The first kappa shape index (κ1) is 60.3. The summed E-state index contributed by atoms with van der Waals surface area (Å²) in [6.07, 6.45) is 68.6. The Bertz CT molecular complexity index is 1300. The fraction of sp³-hybridized carbons (Fsp3) is 0.672. The van der Waals surface area contributed by atoms with Crippen LogP contribution in [0.5, 0.6) is 0 Å². The molecule has 0 rings (SSSR count). The number of hydrogen-bond acceptors (Lipinski definition) is 6. The molecule has 0 spiro atoms. The first-order chi connectivity index (χ1) is 31.5. The highest BCUT2D eigenvalue weighted by atomic mass is 16.6. The van der Waals surface area contributed by atoms with Gasteiger partial charge in [-0.3, -0.25) is 14.4 Å². The number of carbonyl (C=O) groups excluding carboxylic acids is 3. The summed E-state index contributed by atoms with van der Waals surface area (Å²) >= 11 is 0. The molecular weight excluding hydrogens is 793 g/mol. The van der Waals surface area contributed by atoms with E-state index in [9.17, 15) is 14.4 Å². The van der Waals surface area contributed by atoms with E-state index in [0.717, 1.165) is 96.3 Å². The van der Waals surface area contributed by atoms with Crippen molar-refractivity contribution in [3.63, 3.8) is 0 Å². The fourth-order valence-electron chi connectivity index (χ4n) is 6.98. The van der Waals surface area contributed by atoms with Crippen molar-refractivity contribution >= 4 is 17.9 Å². The van der Waals surface area contributed by atoms with Crippen molar-refractivity contribution in [2.75, 3.05) is 13.2 Å². The summed E-state index contributed by atoms with van der Waals surface area (Å²) in [5.74, 6) is -1.07. The van der Waals surface area contributed by atoms with Crippen molar-refractivity contribution in [1.29, 1.82) is 0 Å². The van der Waals surface area contributed by atoms with Crippen molar-refractivity contribution in [2.45, 2.75) is 239 Å². The fourth-order valence-corrected chi connectivity index (χ4v) is 6.98. The van der Waals surface area contributed by atoms with Crippen LogP contribution in [-0.4, -0.2) is 37.2 Å². The molecule has 0 aromatic rings. The SMILES string of the molecule is CC/C=C\C/C=C\C/C=C\CCCCCCCCCCCC(=O)OCC(COC(=O)C/C=C\C/C=C\C/C=C\CC)OC(=O)CCCCCCC/C=C\C=C/CCCCCCCCC. The molecule has 0 aliphatic heterocycles. The Morgan fingerprint density at radius 1 is 0.359 bits per heavy atom. The van der Waals surface area contributed by atoms with Gasteiger partial charge in [-0.1, -0.05) is 221 Å². The molecular formula is C58H96O6. The minimum atomic E-state index is -0.823. The smallest absolute Gasteiger partial charge is 0.309 e. The van der Waals surface area contributed by atoms with Gasteiger partial charge in [0, 0.05) is 12.8 Å². The standard InChI is InChI=1S/C58H96O6/c1-4-7-10-13-16-19-21-23-25-27-29-31-32-34-36-39-42-45-48-51-57(60)63-54-55(53-62-56(59)50-47-44-41-38-18-15-12-9-6-3)64-58(61)52-49-46-43-40-37-35-33-30-28-26-24-22-20-17-14-11-8-5-2/h7,9-10,12,16,18-19,23,25-26,28,30,33,38,44,47,55H,4-6,8,11,13-15,17,20-22,24,27,29,31-32,34-37,39-43,45-46,48-54H2,1-3H3/b10-7-,12-9-,19-16-,25-23-,28-26-,33-30-,38-18-,47-44-. The zero-order valence-corrected chi connectivity index (χ0v) is 41.5. The maximum absolute atomic E-state index is 12.8. The Labute approximate surface area is 394 Å². The molecule has 0 saturated heterocycles. The lowest BCUT2D eigenvalue weighted by Crippen LogP contribution is -2.30. The quantitative estimate of drug-likeness (QED) is 0.0199. The number of carbonyl (C=O) groups is 3. The topological polar surface area (TPSA) is 78.9 Å². The lowest BCUT2D eigenvalue weighted by atomic mass is 10.1. The van der Waals surface area contributed by atoms with E-state index in [4.69, 9.17) is 14.2 Å². The third-order valence-electron chi connectivity index (χ3n) is 10.9. The van der Waals surface area contributed by atoms with E-state index in [1.165, 1.54) is 96.3 Å². The third kappa shape index (κ3) is 49.3. The average Bonchev–Trinajstić information content (AvgIpc) is 3.29. The van der Waals surface area contributed by atoms with Gasteiger partial charge in [-0.2, -0.15) is 0 Å². The molecule has 0 aromatic heterocycles.